The standard InChI is InChI=1S/C25H34N2O3/c1-25(28,19-26-15-17-29-18-16-26)20-30-24-11-7-22(8-12-24)21-5-9-23(10-6-21)27-13-3-2-4-14-27/h5-12,28H,2-4,13-20H2,1H3. The van der Waals surface area contributed by atoms with Crippen LogP contribution in [0.2, 0.25) is 0 Å². The summed E-state index contributed by atoms with van der Waals surface area (Å²) >= 11 is 0. The Balaban J connectivity index is 1.31. The van der Waals surface area contributed by atoms with Crippen LogP contribution >= 0.6 is 0 Å². The summed E-state index contributed by atoms with van der Waals surface area (Å²) in [5.41, 5.74) is 2.82. The van der Waals surface area contributed by atoms with Gasteiger partial charge in [-0.1, -0.05) is 24.3 Å². The Labute approximate surface area is 180 Å². The predicted molar refractivity (Wildman–Crippen MR) is 121 cm³/mol. The molecule has 2 aliphatic rings. The molecule has 0 aliphatic carbocycles. The Morgan fingerprint density at radius 3 is 2.10 bits per heavy atom. The SMILES string of the molecule is CC(O)(COc1ccc(-c2ccc(N3CCCCC3)cc2)cc1)CN1CCOCC1. The lowest BCUT2D eigenvalue weighted by atomic mass is 10.0. The fourth-order valence-electron chi connectivity index (χ4n) is 4.29. The van der Waals surface area contributed by atoms with Gasteiger partial charge in [0.15, 0.2) is 0 Å². The number of anilines is 1. The van der Waals surface area contributed by atoms with E-state index < -0.39 is 5.60 Å². The molecule has 2 saturated heterocycles. The first-order valence-electron chi connectivity index (χ1n) is 11.2. The highest BCUT2D eigenvalue weighted by Crippen LogP contribution is 2.27. The molecule has 2 heterocycles. The van der Waals surface area contributed by atoms with Crippen LogP contribution in [-0.2, 0) is 4.74 Å². The molecule has 0 amide bonds. The van der Waals surface area contributed by atoms with Gasteiger partial charge in [0, 0.05) is 38.4 Å². The first kappa shape index (κ1) is 21.2. The summed E-state index contributed by atoms with van der Waals surface area (Å²) in [5.74, 6) is 0.783. The second-order valence-corrected chi connectivity index (χ2v) is 8.79. The fraction of sp³-hybridized carbons (Fsp3) is 0.520. The Kier molecular flexibility index (Phi) is 6.93. The zero-order chi connectivity index (χ0) is 20.8. The van der Waals surface area contributed by atoms with Crippen LogP contribution in [0.25, 0.3) is 11.1 Å². The number of piperidine rings is 1. The zero-order valence-corrected chi connectivity index (χ0v) is 18.1. The van der Waals surface area contributed by atoms with Gasteiger partial charge < -0.3 is 19.5 Å². The van der Waals surface area contributed by atoms with Gasteiger partial charge in [0.25, 0.3) is 0 Å². The topological polar surface area (TPSA) is 45.2 Å². The number of hydrogen-bond donors (Lipinski definition) is 1. The lowest BCUT2D eigenvalue weighted by Crippen LogP contribution is -2.48. The average Bonchev–Trinajstić information content (AvgIpc) is 2.79. The minimum absolute atomic E-state index is 0.272. The summed E-state index contributed by atoms with van der Waals surface area (Å²) in [6.45, 7) is 8.23. The van der Waals surface area contributed by atoms with Gasteiger partial charge in [-0.05, 0) is 61.6 Å². The van der Waals surface area contributed by atoms with Crippen molar-refractivity contribution in [2.45, 2.75) is 31.8 Å². The van der Waals surface area contributed by atoms with Gasteiger partial charge in [0.05, 0.1) is 13.2 Å². The molecule has 0 aromatic heterocycles. The summed E-state index contributed by atoms with van der Waals surface area (Å²) in [6, 6.07) is 17.0. The number of β-amino-alcohol motifs (C(OH)–C–C–N with tert-alkyl or cyclic N) is 1. The maximum absolute atomic E-state index is 10.7. The first-order valence-corrected chi connectivity index (χ1v) is 11.2. The quantitative estimate of drug-likeness (QED) is 0.752. The number of ether oxygens (including phenoxy) is 2. The largest absolute Gasteiger partial charge is 0.491 e. The smallest absolute Gasteiger partial charge is 0.119 e. The van der Waals surface area contributed by atoms with Gasteiger partial charge in [-0.2, -0.15) is 0 Å². The van der Waals surface area contributed by atoms with Gasteiger partial charge >= 0.3 is 0 Å². The van der Waals surface area contributed by atoms with Crippen LogP contribution in [0.1, 0.15) is 26.2 Å². The van der Waals surface area contributed by atoms with Gasteiger partial charge in [-0.3, -0.25) is 4.90 Å². The van der Waals surface area contributed by atoms with Crippen molar-refractivity contribution in [2.75, 3.05) is 57.4 Å². The molecule has 0 radical (unpaired) electrons. The minimum Gasteiger partial charge on any atom is -0.491 e. The molecule has 5 nitrogen and oxygen atoms in total. The molecule has 1 N–H and O–H groups in total. The number of hydrogen-bond acceptors (Lipinski definition) is 5. The maximum atomic E-state index is 10.7. The van der Waals surface area contributed by atoms with Crippen molar-refractivity contribution < 1.29 is 14.6 Å². The van der Waals surface area contributed by atoms with E-state index in [0.717, 1.165) is 32.1 Å². The third-order valence-corrected chi connectivity index (χ3v) is 5.99. The van der Waals surface area contributed by atoms with Crippen molar-refractivity contribution >= 4 is 5.69 Å². The Bertz CT molecular complexity index is 777. The monoisotopic (exact) mass is 410 g/mol. The van der Waals surface area contributed by atoms with Crippen molar-refractivity contribution in [3.05, 3.63) is 48.5 Å². The van der Waals surface area contributed by atoms with Crippen LogP contribution in [-0.4, -0.2) is 68.2 Å². The van der Waals surface area contributed by atoms with E-state index in [-0.39, 0.29) is 6.61 Å². The van der Waals surface area contributed by atoms with E-state index in [1.54, 1.807) is 0 Å². The number of rotatable bonds is 7. The van der Waals surface area contributed by atoms with E-state index in [1.165, 1.54) is 49.2 Å². The van der Waals surface area contributed by atoms with E-state index in [2.05, 4.69) is 46.2 Å². The van der Waals surface area contributed by atoms with Crippen LogP contribution in [0.4, 0.5) is 5.69 Å². The molecule has 1 atom stereocenters. The fourth-order valence-corrected chi connectivity index (χ4v) is 4.29. The number of nitrogens with zero attached hydrogens (tertiary/aromatic N) is 2. The lowest BCUT2D eigenvalue weighted by Gasteiger charge is -2.33. The highest BCUT2D eigenvalue weighted by atomic mass is 16.5. The van der Waals surface area contributed by atoms with Gasteiger partial charge in [0.2, 0.25) is 0 Å². The molecule has 0 spiro atoms. The highest BCUT2D eigenvalue weighted by Gasteiger charge is 2.26. The van der Waals surface area contributed by atoms with Gasteiger partial charge in [0.1, 0.15) is 18.0 Å². The molecule has 4 rings (SSSR count). The molecule has 30 heavy (non-hydrogen) atoms. The van der Waals surface area contributed by atoms with Crippen LogP contribution in [0.3, 0.4) is 0 Å². The molecule has 1 unspecified atom stereocenters. The molecule has 0 saturated carbocycles. The van der Waals surface area contributed by atoms with Crippen molar-refractivity contribution in [2.24, 2.45) is 0 Å². The van der Waals surface area contributed by atoms with Crippen molar-refractivity contribution in [3.8, 4) is 16.9 Å². The predicted octanol–water partition coefficient (Wildman–Crippen LogP) is 3.81. The summed E-state index contributed by atoms with van der Waals surface area (Å²) in [7, 11) is 0. The van der Waals surface area contributed by atoms with E-state index in [4.69, 9.17) is 9.47 Å². The third kappa shape index (κ3) is 5.75. The number of aliphatic hydroxyl groups is 1. The molecule has 0 bridgehead atoms. The van der Waals surface area contributed by atoms with Crippen molar-refractivity contribution in [1.82, 2.24) is 4.90 Å². The van der Waals surface area contributed by atoms with Gasteiger partial charge in [-0.15, -0.1) is 0 Å². The van der Waals surface area contributed by atoms with E-state index >= 15 is 0 Å². The third-order valence-electron chi connectivity index (χ3n) is 5.99. The van der Waals surface area contributed by atoms with E-state index in [1.807, 2.05) is 19.1 Å². The molecule has 2 aliphatic heterocycles. The summed E-state index contributed by atoms with van der Waals surface area (Å²) in [4.78, 5) is 4.70. The lowest BCUT2D eigenvalue weighted by molar-refractivity contribution is -0.0435. The van der Waals surface area contributed by atoms with Crippen LogP contribution in [0.5, 0.6) is 5.75 Å². The first-order chi connectivity index (χ1) is 14.6. The summed E-state index contributed by atoms with van der Waals surface area (Å²) in [6.07, 6.45) is 3.94. The zero-order valence-electron chi connectivity index (χ0n) is 18.1. The molecular weight excluding hydrogens is 376 g/mol. The molecule has 2 aromatic rings. The summed E-state index contributed by atoms with van der Waals surface area (Å²) in [5, 5.41) is 10.7. The molecular formula is C25H34N2O3. The molecule has 2 aromatic carbocycles. The van der Waals surface area contributed by atoms with Crippen LogP contribution in [0.15, 0.2) is 48.5 Å². The van der Waals surface area contributed by atoms with E-state index in [0.29, 0.717) is 6.54 Å². The Hall–Kier alpha value is -2.08. The summed E-state index contributed by atoms with van der Waals surface area (Å²) < 4.78 is 11.3. The number of morpholine rings is 1. The molecule has 2 fully saturated rings. The Morgan fingerprint density at radius 2 is 1.47 bits per heavy atom. The highest BCUT2D eigenvalue weighted by molar-refractivity contribution is 5.67. The second-order valence-electron chi connectivity index (χ2n) is 8.79. The van der Waals surface area contributed by atoms with Gasteiger partial charge in [-0.25, -0.2) is 0 Å². The Morgan fingerprint density at radius 1 is 0.867 bits per heavy atom. The second kappa shape index (κ2) is 9.82. The van der Waals surface area contributed by atoms with Crippen LogP contribution < -0.4 is 9.64 Å². The van der Waals surface area contributed by atoms with Crippen LogP contribution in [0, 0.1) is 0 Å². The number of benzene rings is 2. The normalized spacial score (nSPS) is 20.0. The molecule has 162 valence electrons. The minimum atomic E-state index is -0.889. The maximum Gasteiger partial charge on any atom is 0.119 e. The van der Waals surface area contributed by atoms with Crippen molar-refractivity contribution in [3.63, 3.8) is 0 Å². The molecule has 5 heteroatoms. The van der Waals surface area contributed by atoms with E-state index in [9.17, 15) is 5.11 Å². The average molecular weight is 411 g/mol. The van der Waals surface area contributed by atoms with Crippen molar-refractivity contribution in [1.29, 1.82) is 0 Å².